The van der Waals surface area contributed by atoms with Gasteiger partial charge in [0.2, 0.25) is 0 Å². The lowest BCUT2D eigenvalue weighted by atomic mass is 10.1. The number of amides is 1. The standard InChI is InChI=1S/C16H18N4O/c1-10-5-11(2)7-13(6-10)20-16(21)14-8-18-15(9-17-14)19-12-3-4-12/h5-9,12H,3-4H2,1-2H3,(H,18,19)(H,20,21). The molecule has 0 bridgehead atoms. The summed E-state index contributed by atoms with van der Waals surface area (Å²) in [4.78, 5) is 20.5. The highest BCUT2D eigenvalue weighted by Crippen LogP contribution is 2.23. The Bertz CT molecular complexity index is 642. The van der Waals surface area contributed by atoms with Gasteiger partial charge < -0.3 is 10.6 Å². The van der Waals surface area contributed by atoms with Crippen molar-refractivity contribution in [1.82, 2.24) is 9.97 Å². The summed E-state index contributed by atoms with van der Waals surface area (Å²) in [5.74, 6) is 0.478. The van der Waals surface area contributed by atoms with Crippen LogP contribution in [0.15, 0.2) is 30.6 Å². The summed E-state index contributed by atoms with van der Waals surface area (Å²) in [6, 6.07) is 6.45. The number of hydrogen-bond acceptors (Lipinski definition) is 4. The van der Waals surface area contributed by atoms with Gasteiger partial charge in [0.25, 0.3) is 5.91 Å². The van der Waals surface area contributed by atoms with Crippen LogP contribution in [0.4, 0.5) is 11.5 Å². The predicted molar refractivity (Wildman–Crippen MR) is 82.5 cm³/mol. The van der Waals surface area contributed by atoms with Crippen molar-refractivity contribution < 1.29 is 4.79 Å². The molecule has 1 aliphatic carbocycles. The van der Waals surface area contributed by atoms with Crippen molar-refractivity contribution in [2.24, 2.45) is 0 Å². The maximum atomic E-state index is 12.1. The van der Waals surface area contributed by atoms with Gasteiger partial charge in [-0.15, -0.1) is 0 Å². The van der Waals surface area contributed by atoms with E-state index in [0.29, 0.717) is 11.7 Å². The fourth-order valence-corrected chi connectivity index (χ4v) is 2.20. The summed E-state index contributed by atoms with van der Waals surface area (Å²) in [5, 5.41) is 6.09. The maximum Gasteiger partial charge on any atom is 0.275 e. The second kappa shape index (κ2) is 5.52. The van der Waals surface area contributed by atoms with Crippen LogP contribution in [0, 0.1) is 13.8 Å². The lowest BCUT2D eigenvalue weighted by Crippen LogP contribution is -2.15. The molecule has 1 aromatic carbocycles. The third kappa shape index (κ3) is 3.56. The van der Waals surface area contributed by atoms with Crippen molar-refractivity contribution in [2.45, 2.75) is 32.7 Å². The van der Waals surface area contributed by atoms with Crippen molar-refractivity contribution in [1.29, 1.82) is 0 Å². The smallest absolute Gasteiger partial charge is 0.275 e. The van der Waals surface area contributed by atoms with Gasteiger partial charge in [-0.3, -0.25) is 4.79 Å². The van der Waals surface area contributed by atoms with E-state index in [1.165, 1.54) is 19.0 Å². The number of carbonyl (C=O) groups is 1. The highest BCUT2D eigenvalue weighted by atomic mass is 16.1. The number of rotatable bonds is 4. The number of carbonyl (C=O) groups excluding carboxylic acids is 1. The summed E-state index contributed by atoms with van der Waals surface area (Å²) in [6.07, 6.45) is 5.46. The van der Waals surface area contributed by atoms with Gasteiger partial charge in [0.15, 0.2) is 0 Å². The van der Waals surface area contributed by atoms with E-state index >= 15 is 0 Å². The van der Waals surface area contributed by atoms with Crippen molar-refractivity contribution in [3.8, 4) is 0 Å². The summed E-state index contributed by atoms with van der Waals surface area (Å²) < 4.78 is 0. The Morgan fingerprint density at radius 1 is 1.10 bits per heavy atom. The van der Waals surface area contributed by atoms with Crippen LogP contribution in [-0.4, -0.2) is 21.9 Å². The number of aryl methyl sites for hydroxylation is 2. The molecule has 1 fully saturated rings. The minimum absolute atomic E-state index is 0.245. The maximum absolute atomic E-state index is 12.1. The second-order valence-electron chi connectivity index (χ2n) is 5.54. The second-order valence-corrected chi connectivity index (χ2v) is 5.54. The summed E-state index contributed by atoms with van der Waals surface area (Å²) >= 11 is 0. The number of nitrogens with one attached hydrogen (secondary N) is 2. The molecule has 1 heterocycles. The molecule has 2 N–H and O–H groups in total. The van der Waals surface area contributed by atoms with E-state index < -0.39 is 0 Å². The summed E-state index contributed by atoms with van der Waals surface area (Å²) in [7, 11) is 0. The Labute approximate surface area is 123 Å². The Hall–Kier alpha value is -2.43. The van der Waals surface area contributed by atoms with Gasteiger partial charge in [-0.05, 0) is 49.9 Å². The average Bonchev–Trinajstić information content (AvgIpc) is 3.22. The highest BCUT2D eigenvalue weighted by molar-refractivity contribution is 6.02. The Kier molecular flexibility index (Phi) is 3.56. The molecule has 2 aromatic rings. The van der Waals surface area contributed by atoms with Crippen LogP contribution < -0.4 is 10.6 Å². The van der Waals surface area contributed by atoms with Gasteiger partial charge in [0.05, 0.1) is 12.4 Å². The van der Waals surface area contributed by atoms with Crippen LogP contribution in [-0.2, 0) is 0 Å². The first kappa shape index (κ1) is 13.5. The van der Waals surface area contributed by atoms with E-state index in [-0.39, 0.29) is 5.91 Å². The van der Waals surface area contributed by atoms with E-state index in [1.54, 1.807) is 6.20 Å². The predicted octanol–water partition coefficient (Wildman–Crippen LogP) is 2.92. The van der Waals surface area contributed by atoms with E-state index in [2.05, 4.69) is 26.7 Å². The number of hydrogen-bond donors (Lipinski definition) is 2. The van der Waals surface area contributed by atoms with Gasteiger partial charge in [0.1, 0.15) is 11.5 Å². The van der Waals surface area contributed by atoms with E-state index in [1.807, 2.05) is 26.0 Å². The molecule has 0 unspecified atom stereocenters. The molecule has 1 aromatic heterocycles. The zero-order valence-corrected chi connectivity index (χ0v) is 12.2. The van der Waals surface area contributed by atoms with Crippen LogP contribution >= 0.6 is 0 Å². The van der Waals surface area contributed by atoms with Crippen LogP contribution in [0.1, 0.15) is 34.5 Å². The molecule has 0 aliphatic heterocycles. The largest absolute Gasteiger partial charge is 0.366 e. The van der Waals surface area contributed by atoms with E-state index in [9.17, 15) is 4.79 Å². The van der Waals surface area contributed by atoms with Crippen LogP contribution in [0.2, 0.25) is 0 Å². The molecule has 108 valence electrons. The van der Waals surface area contributed by atoms with Gasteiger partial charge >= 0.3 is 0 Å². The first-order valence-corrected chi connectivity index (χ1v) is 7.08. The molecule has 0 spiro atoms. The molecule has 21 heavy (non-hydrogen) atoms. The van der Waals surface area contributed by atoms with Crippen LogP contribution in [0.25, 0.3) is 0 Å². The van der Waals surface area contributed by atoms with Crippen LogP contribution in [0.3, 0.4) is 0 Å². The number of nitrogens with zero attached hydrogens (tertiary/aromatic N) is 2. The molecule has 0 atom stereocenters. The third-order valence-electron chi connectivity index (χ3n) is 3.29. The monoisotopic (exact) mass is 282 g/mol. The van der Waals surface area contributed by atoms with Crippen molar-refractivity contribution in [3.05, 3.63) is 47.4 Å². The highest BCUT2D eigenvalue weighted by Gasteiger charge is 2.21. The lowest BCUT2D eigenvalue weighted by Gasteiger charge is -2.08. The molecular weight excluding hydrogens is 264 g/mol. The van der Waals surface area contributed by atoms with E-state index in [0.717, 1.165) is 22.6 Å². The van der Waals surface area contributed by atoms with Gasteiger partial charge in [-0.25, -0.2) is 9.97 Å². The third-order valence-corrected chi connectivity index (χ3v) is 3.29. The normalized spacial score (nSPS) is 13.8. The molecule has 1 amide bonds. The minimum Gasteiger partial charge on any atom is -0.366 e. The molecule has 1 saturated carbocycles. The molecule has 3 rings (SSSR count). The quantitative estimate of drug-likeness (QED) is 0.904. The van der Waals surface area contributed by atoms with Crippen molar-refractivity contribution in [2.75, 3.05) is 10.6 Å². The Morgan fingerprint density at radius 2 is 1.81 bits per heavy atom. The first-order valence-electron chi connectivity index (χ1n) is 7.08. The number of anilines is 2. The molecule has 5 heteroatoms. The fraction of sp³-hybridized carbons (Fsp3) is 0.312. The van der Waals surface area contributed by atoms with Crippen molar-refractivity contribution >= 4 is 17.4 Å². The van der Waals surface area contributed by atoms with Crippen LogP contribution in [0.5, 0.6) is 0 Å². The topological polar surface area (TPSA) is 66.9 Å². The lowest BCUT2D eigenvalue weighted by molar-refractivity contribution is 0.102. The number of aromatic nitrogens is 2. The van der Waals surface area contributed by atoms with Gasteiger partial charge in [-0.2, -0.15) is 0 Å². The number of benzene rings is 1. The Morgan fingerprint density at radius 3 is 2.38 bits per heavy atom. The molecule has 1 aliphatic rings. The summed E-state index contributed by atoms with van der Waals surface area (Å²) in [5.41, 5.74) is 3.32. The molecule has 0 saturated heterocycles. The zero-order chi connectivity index (χ0) is 14.8. The SMILES string of the molecule is Cc1cc(C)cc(NC(=O)c2cnc(NC3CC3)cn2)c1. The van der Waals surface area contributed by atoms with Gasteiger partial charge in [-0.1, -0.05) is 6.07 Å². The van der Waals surface area contributed by atoms with Crippen molar-refractivity contribution in [3.63, 3.8) is 0 Å². The average molecular weight is 282 g/mol. The minimum atomic E-state index is -0.245. The summed E-state index contributed by atoms with van der Waals surface area (Å²) in [6.45, 7) is 4.00. The molecular formula is C16H18N4O. The van der Waals surface area contributed by atoms with Gasteiger partial charge in [0, 0.05) is 11.7 Å². The first-order chi connectivity index (χ1) is 10.1. The molecule has 5 nitrogen and oxygen atoms in total. The zero-order valence-electron chi connectivity index (χ0n) is 12.2. The van der Waals surface area contributed by atoms with E-state index in [4.69, 9.17) is 0 Å². The fourth-order valence-electron chi connectivity index (χ4n) is 2.20. The molecule has 0 radical (unpaired) electrons. The Balaban J connectivity index is 1.69.